The number of rotatable bonds is 31. The van der Waals surface area contributed by atoms with Gasteiger partial charge in [0, 0.05) is 74.4 Å². The van der Waals surface area contributed by atoms with Gasteiger partial charge in [0.1, 0.15) is 34.9 Å². The number of hydrogen-bond acceptors (Lipinski definition) is 18. The molecule has 1 aromatic heterocycles. The molecule has 1 unspecified atom stereocenters. The van der Waals surface area contributed by atoms with Crippen molar-refractivity contribution in [2.45, 2.75) is 136 Å². The summed E-state index contributed by atoms with van der Waals surface area (Å²) in [5, 5.41) is 28.6. The Morgan fingerprint density at radius 1 is 0.944 bits per heavy atom. The summed E-state index contributed by atoms with van der Waals surface area (Å²) in [6, 6.07) is 3.74. The molecule has 20 nitrogen and oxygen atoms in total. The fourth-order valence-electron chi connectivity index (χ4n) is 7.79. The third-order valence-electron chi connectivity index (χ3n) is 11.6. The standard InChI is InChI=1S/C48H70N6O14S3/c1-8-11-44(61)67-28-54(43(60)18-17-40(58)38-12-9-10-19-53(38)7)39(29(2)3)24-42(68-32(6)56)46-52-36(26-69-46)45(62)51-34(23-33-13-15-35(57)16-14-33)22-30(4)41(59)25-49-48(65)66-20-21-70-71-27-37(47(63)64)50-31(5)55/h13-16,26,29-30,34,37-39,42,57H,8-12,17-25,27-28H2,1-7H3,(H,49,65)(H,50,55)(H,51,62)(H,63,64)/t30-,34+,37+,38?,39+,42-/m0/s1. The third-order valence-corrected chi connectivity index (χ3v) is 14.9. The highest BCUT2D eigenvalue weighted by molar-refractivity contribution is 8.76. The Morgan fingerprint density at radius 3 is 2.30 bits per heavy atom. The van der Waals surface area contributed by atoms with Crippen LogP contribution in [0.1, 0.15) is 126 Å². The number of hydrogen-bond donors (Lipinski definition) is 5. The van der Waals surface area contributed by atoms with E-state index >= 15 is 0 Å². The van der Waals surface area contributed by atoms with Gasteiger partial charge in [-0.05, 0) is 69.3 Å². The van der Waals surface area contributed by atoms with Crippen LogP contribution in [-0.2, 0) is 54.2 Å². The van der Waals surface area contributed by atoms with E-state index in [2.05, 4.69) is 20.9 Å². The molecule has 6 atom stereocenters. The molecular formula is C48H70N6O14S3. The first-order chi connectivity index (χ1) is 33.7. The van der Waals surface area contributed by atoms with Crippen molar-refractivity contribution in [3.8, 4) is 5.75 Å². The highest BCUT2D eigenvalue weighted by atomic mass is 33.1. The molecule has 0 bridgehead atoms. The number of likely N-dealkylation sites (N-methyl/N-ethyl adjacent to an activating group) is 1. The summed E-state index contributed by atoms with van der Waals surface area (Å²) in [4.78, 5) is 123. The van der Waals surface area contributed by atoms with Gasteiger partial charge in [-0.25, -0.2) is 14.6 Å². The van der Waals surface area contributed by atoms with Gasteiger partial charge in [-0.2, -0.15) is 0 Å². The molecule has 1 aliphatic rings. The highest BCUT2D eigenvalue weighted by Crippen LogP contribution is 2.32. The number of carbonyl (C=O) groups excluding carboxylic acids is 8. The van der Waals surface area contributed by atoms with Gasteiger partial charge >= 0.3 is 24.0 Å². The Kier molecular flexibility index (Phi) is 26.4. The molecule has 1 saturated heterocycles. The number of thiazole rings is 1. The summed E-state index contributed by atoms with van der Waals surface area (Å²) in [6.07, 6.45) is 1.80. The van der Waals surface area contributed by atoms with Gasteiger partial charge in [0.25, 0.3) is 5.91 Å². The number of carbonyl (C=O) groups is 9. The number of carboxylic acid groups (broad SMARTS) is 1. The predicted molar refractivity (Wildman–Crippen MR) is 268 cm³/mol. The second kappa shape index (κ2) is 31.3. The summed E-state index contributed by atoms with van der Waals surface area (Å²) in [7, 11) is 4.34. The molecule has 71 heavy (non-hydrogen) atoms. The second-order valence-electron chi connectivity index (χ2n) is 17.8. The number of benzene rings is 1. The van der Waals surface area contributed by atoms with Gasteiger partial charge in [-0.3, -0.25) is 38.5 Å². The van der Waals surface area contributed by atoms with Gasteiger partial charge in [0.15, 0.2) is 18.6 Å². The number of nitrogens with zero attached hydrogens (tertiary/aromatic N) is 3. The first-order valence-corrected chi connectivity index (χ1v) is 27.1. The fraction of sp³-hybridized carbons (Fsp3) is 0.625. The van der Waals surface area contributed by atoms with Crippen molar-refractivity contribution in [3.63, 3.8) is 0 Å². The molecule has 0 spiro atoms. The molecule has 23 heteroatoms. The molecule has 3 rings (SSSR count). The SMILES string of the molecule is CCCC(=O)OCN(C(=O)CCC(=O)C1CCCCN1C)[C@H](C[C@H](OC(C)=O)c1nc(C(=O)N[C@@H](Cc2ccc(O)cc2)C[C@H](C)C(=O)CNC(=O)OCCSSC[C@@H](NC(C)=O)C(=O)O)cs1)C(C)C. The average molecular weight is 1050 g/mol. The average Bonchev–Trinajstić information content (AvgIpc) is 3.81. The number of esters is 2. The quantitative estimate of drug-likeness (QED) is 0.0206. The van der Waals surface area contributed by atoms with Crippen LogP contribution < -0.4 is 16.0 Å². The molecule has 0 radical (unpaired) electrons. The maximum atomic E-state index is 14.0. The van der Waals surface area contributed by atoms with E-state index in [0.717, 1.165) is 42.7 Å². The summed E-state index contributed by atoms with van der Waals surface area (Å²) < 4.78 is 16.5. The van der Waals surface area contributed by atoms with Crippen LogP contribution in [0.5, 0.6) is 5.75 Å². The number of alkyl carbamates (subject to hydrolysis) is 1. The molecule has 1 aliphatic heterocycles. The first-order valence-electron chi connectivity index (χ1n) is 23.8. The van der Waals surface area contributed by atoms with E-state index in [9.17, 15) is 53.4 Å². The number of aromatic nitrogens is 1. The molecule has 1 fully saturated rings. The number of ketones is 2. The number of Topliss-reactive ketones (excluding diaryl/α,β-unsaturated/α-hetero) is 2. The largest absolute Gasteiger partial charge is 0.508 e. The van der Waals surface area contributed by atoms with Gasteiger partial charge in [0.05, 0.1) is 12.6 Å². The Balaban J connectivity index is 1.72. The minimum Gasteiger partial charge on any atom is -0.508 e. The number of ether oxygens (including phenoxy) is 3. The normalized spacial score (nSPS) is 15.8. The van der Waals surface area contributed by atoms with Crippen molar-refractivity contribution in [3.05, 3.63) is 45.9 Å². The Hall–Kier alpha value is -5.26. The molecule has 2 aromatic rings. The van der Waals surface area contributed by atoms with Gasteiger partial charge < -0.3 is 45.3 Å². The summed E-state index contributed by atoms with van der Waals surface area (Å²) in [5.74, 6) is -4.58. The Morgan fingerprint density at radius 2 is 1.66 bits per heavy atom. The van der Waals surface area contributed by atoms with E-state index in [1.807, 2.05) is 32.7 Å². The summed E-state index contributed by atoms with van der Waals surface area (Å²) in [5.41, 5.74) is 0.749. The van der Waals surface area contributed by atoms with Crippen LogP contribution >= 0.6 is 32.9 Å². The lowest BCUT2D eigenvalue weighted by Gasteiger charge is -2.36. The first kappa shape index (κ1) is 60.0. The van der Waals surface area contributed by atoms with Crippen molar-refractivity contribution in [2.75, 3.05) is 45.0 Å². The number of amides is 4. The van der Waals surface area contributed by atoms with Gasteiger partial charge in [0.2, 0.25) is 11.8 Å². The molecule has 4 amide bonds. The summed E-state index contributed by atoms with van der Waals surface area (Å²) >= 11 is 1.07. The number of aromatic hydroxyl groups is 1. The molecule has 0 saturated carbocycles. The van der Waals surface area contributed by atoms with Crippen LogP contribution in [-0.4, -0.2) is 147 Å². The molecule has 0 aliphatic carbocycles. The molecule has 394 valence electrons. The van der Waals surface area contributed by atoms with Crippen LogP contribution in [0.3, 0.4) is 0 Å². The molecular weight excluding hydrogens is 981 g/mol. The smallest absolute Gasteiger partial charge is 0.407 e. The Labute approximate surface area is 427 Å². The van der Waals surface area contributed by atoms with Crippen molar-refractivity contribution >= 4 is 86.2 Å². The predicted octanol–water partition coefficient (Wildman–Crippen LogP) is 5.46. The lowest BCUT2D eigenvalue weighted by atomic mass is 9.93. The van der Waals surface area contributed by atoms with E-state index < -0.39 is 71.9 Å². The van der Waals surface area contributed by atoms with Crippen LogP contribution in [0.15, 0.2) is 29.6 Å². The lowest BCUT2D eigenvalue weighted by Crippen LogP contribution is -2.47. The van der Waals surface area contributed by atoms with Gasteiger partial charge in [-0.15, -0.1) is 11.3 Å². The van der Waals surface area contributed by atoms with Crippen LogP contribution in [0.2, 0.25) is 0 Å². The van der Waals surface area contributed by atoms with Crippen LogP contribution in [0.25, 0.3) is 0 Å². The monoisotopic (exact) mass is 1050 g/mol. The van der Waals surface area contributed by atoms with E-state index in [1.165, 1.54) is 57.8 Å². The maximum Gasteiger partial charge on any atom is 0.407 e. The fourth-order valence-corrected chi connectivity index (χ4v) is 10.6. The van der Waals surface area contributed by atoms with Crippen molar-refractivity contribution in [1.82, 2.24) is 30.7 Å². The molecule has 1 aromatic carbocycles. The summed E-state index contributed by atoms with van der Waals surface area (Å²) in [6.45, 7) is 9.73. The number of phenols is 1. The van der Waals surface area contributed by atoms with Crippen molar-refractivity contribution < 1.29 is 67.6 Å². The van der Waals surface area contributed by atoms with E-state index in [4.69, 9.17) is 14.2 Å². The van der Waals surface area contributed by atoms with E-state index in [0.29, 0.717) is 12.2 Å². The Bertz CT molecular complexity index is 2110. The second-order valence-corrected chi connectivity index (χ2v) is 21.3. The minimum absolute atomic E-state index is 0.000891. The molecule has 2 heterocycles. The van der Waals surface area contributed by atoms with Crippen molar-refractivity contribution in [1.29, 1.82) is 0 Å². The zero-order chi connectivity index (χ0) is 52.6. The minimum atomic E-state index is -1.17. The van der Waals surface area contributed by atoms with E-state index in [1.54, 1.807) is 19.1 Å². The number of phenolic OH excluding ortho intramolecular Hbond substituents is 1. The number of carboxylic acids is 1. The van der Waals surface area contributed by atoms with Crippen LogP contribution in [0, 0.1) is 11.8 Å². The number of nitrogens with one attached hydrogen (secondary N) is 3. The number of likely N-dealkylation sites (tertiary alicyclic amines) is 1. The van der Waals surface area contributed by atoms with Crippen molar-refractivity contribution in [2.24, 2.45) is 11.8 Å². The highest BCUT2D eigenvalue weighted by Gasteiger charge is 2.35. The zero-order valence-electron chi connectivity index (χ0n) is 41.6. The number of piperidine rings is 1. The van der Waals surface area contributed by atoms with Crippen LogP contribution in [0.4, 0.5) is 4.79 Å². The third kappa shape index (κ3) is 22.0. The van der Waals surface area contributed by atoms with Gasteiger partial charge in [-0.1, -0.05) is 67.8 Å². The van der Waals surface area contributed by atoms with E-state index in [-0.39, 0.29) is 104 Å². The zero-order valence-corrected chi connectivity index (χ0v) is 44.1. The lowest BCUT2D eigenvalue weighted by molar-refractivity contribution is -0.158. The maximum absolute atomic E-state index is 14.0. The number of aliphatic carboxylic acids is 1. The topological polar surface area (TPSA) is 277 Å². The molecule has 5 N–H and O–H groups in total.